The van der Waals surface area contributed by atoms with Crippen LogP contribution in [0.5, 0.6) is 0 Å². The van der Waals surface area contributed by atoms with Crippen molar-refractivity contribution in [2.75, 3.05) is 33.4 Å². The van der Waals surface area contributed by atoms with Crippen LogP contribution in [0.2, 0.25) is 0 Å². The highest BCUT2D eigenvalue weighted by Gasteiger charge is 2.30. The van der Waals surface area contributed by atoms with Crippen molar-refractivity contribution < 1.29 is 9.53 Å². The van der Waals surface area contributed by atoms with Crippen LogP contribution in [0.4, 0.5) is 0 Å². The summed E-state index contributed by atoms with van der Waals surface area (Å²) in [5, 5.41) is 0. The van der Waals surface area contributed by atoms with E-state index in [1.54, 1.807) is 7.11 Å². The Bertz CT molecular complexity index is 466. The number of carbonyl (C=O) groups excluding carboxylic acids is 1. The van der Waals surface area contributed by atoms with Crippen LogP contribution >= 0.6 is 0 Å². The molecule has 0 radical (unpaired) electrons. The molecule has 1 heterocycles. The lowest BCUT2D eigenvalue weighted by Gasteiger charge is -2.44. The summed E-state index contributed by atoms with van der Waals surface area (Å²) in [4.78, 5) is 17.1. The molecule has 0 aliphatic carbocycles. The number of rotatable bonds is 7. The molecule has 0 spiro atoms. The monoisotopic (exact) mass is 318 g/mol. The largest absolute Gasteiger partial charge is 0.385 e. The van der Waals surface area contributed by atoms with Crippen LogP contribution < -0.4 is 0 Å². The molecule has 1 saturated heterocycles. The molecule has 0 saturated carbocycles. The normalized spacial score (nSPS) is 22.3. The number of aryl methyl sites for hydroxylation is 1. The van der Waals surface area contributed by atoms with Crippen LogP contribution in [-0.4, -0.2) is 61.1 Å². The maximum atomic E-state index is 12.5. The van der Waals surface area contributed by atoms with Gasteiger partial charge in [-0.25, -0.2) is 0 Å². The van der Waals surface area contributed by atoms with Gasteiger partial charge in [-0.2, -0.15) is 0 Å². The van der Waals surface area contributed by atoms with E-state index in [0.717, 1.165) is 39.1 Å². The number of hydrogen-bond donors (Lipinski definition) is 0. The van der Waals surface area contributed by atoms with Crippen LogP contribution in [0.15, 0.2) is 30.3 Å². The molecule has 0 N–H and O–H groups in total. The van der Waals surface area contributed by atoms with E-state index in [9.17, 15) is 4.79 Å². The zero-order valence-corrected chi connectivity index (χ0v) is 14.7. The predicted octanol–water partition coefficient (Wildman–Crippen LogP) is 2.58. The number of hydrogen-bond acceptors (Lipinski definition) is 3. The van der Waals surface area contributed by atoms with Gasteiger partial charge in [0.05, 0.1) is 0 Å². The van der Waals surface area contributed by atoms with Crippen LogP contribution in [0.1, 0.15) is 32.3 Å². The summed E-state index contributed by atoms with van der Waals surface area (Å²) < 4.78 is 5.15. The van der Waals surface area contributed by atoms with E-state index in [1.807, 2.05) is 23.1 Å². The number of carbonyl (C=O) groups is 1. The molecule has 2 rings (SSSR count). The van der Waals surface area contributed by atoms with Gasteiger partial charge in [0.25, 0.3) is 0 Å². The fourth-order valence-corrected chi connectivity index (χ4v) is 3.45. The van der Waals surface area contributed by atoms with Crippen LogP contribution in [0, 0.1) is 0 Å². The summed E-state index contributed by atoms with van der Waals surface area (Å²) >= 11 is 0. The van der Waals surface area contributed by atoms with Gasteiger partial charge >= 0.3 is 0 Å². The van der Waals surface area contributed by atoms with Crippen molar-refractivity contribution in [2.24, 2.45) is 0 Å². The number of amides is 1. The summed E-state index contributed by atoms with van der Waals surface area (Å²) in [5.74, 6) is 0.282. The Labute approximate surface area is 140 Å². The summed E-state index contributed by atoms with van der Waals surface area (Å²) in [5.41, 5.74) is 1.24. The second-order valence-electron chi connectivity index (χ2n) is 6.57. The molecule has 4 nitrogen and oxygen atoms in total. The van der Waals surface area contributed by atoms with Gasteiger partial charge in [-0.05, 0) is 32.3 Å². The minimum Gasteiger partial charge on any atom is -0.385 e. The van der Waals surface area contributed by atoms with Crippen LogP contribution in [-0.2, 0) is 16.0 Å². The number of nitrogens with zero attached hydrogens (tertiary/aromatic N) is 2. The van der Waals surface area contributed by atoms with Gasteiger partial charge < -0.3 is 9.64 Å². The molecule has 2 unspecified atom stereocenters. The van der Waals surface area contributed by atoms with Crippen molar-refractivity contribution in [1.82, 2.24) is 9.80 Å². The van der Waals surface area contributed by atoms with E-state index in [-0.39, 0.29) is 5.91 Å². The molecule has 1 aromatic rings. The Morgan fingerprint density at radius 2 is 1.83 bits per heavy atom. The van der Waals surface area contributed by atoms with Crippen molar-refractivity contribution >= 4 is 5.91 Å². The average molecular weight is 318 g/mol. The first kappa shape index (κ1) is 18.0. The maximum Gasteiger partial charge on any atom is 0.223 e. The first-order valence-electron chi connectivity index (χ1n) is 8.68. The molecular weight excluding hydrogens is 288 g/mol. The Hall–Kier alpha value is -1.39. The lowest BCUT2D eigenvalue weighted by molar-refractivity contribution is -0.135. The van der Waals surface area contributed by atoms with Gasteiger partial charge in [-0.1, -0.05) is 30.3 Å². The third kappa shape index (κ3) is 5.33. The minimum absolute atomic E-state index is 0.282. The Morgan fingerprint density at radius 1 is 1.17 bits per heavy atom. The van der Waals surface area contributed by atoms with Gasteiger partial charge in [-0.15, -0.1) is 0 Å². The van der Waals surface area contributed by atoms with Crippen molar-refractivity contribution in [1.29, 1.82) is 0 Å². The highest BCUT2D eigenvalue weighted by Crippen LogP contribution is 2.17. The second kappa shape index (κ2) is 9.04. The first-order valence-corrected chi connectivity index (χ1v) is 8.68. The second-order valence-corrected chi connectivity index (χ2v) is 6.57. The fourth-order valence-electron chi connectivity index (χ4n) is 3.45. The third-order valence-electron chi connectivity index (χ3n) is 4.69. The van der Waals surface area contributed by atoms with Crippen molar-refractivity contribution in [2.45, 2.75) is 45.2 Å². The fraction of sp³-hybridized carbons (Fsp3) is 0.632. The molecule has 1 aromatic carbocycles. The quantitative estimate of drug-likeness (QED) is 0.725. The van der Waals surface area contributed by atoms with E-state index in [1.165, 1.54) is 5.56 Å². The van der Waals surface area contributed by atoms with Crippen molar-refractivity contribution in [3.63, 3.8) is 0 Å². The van der Waals surface area contributed by atoms with Gasteiger partial charge in [0.2, 0.25) is 5.91 Å². The summed E-state index contributed by atoms with van der Waals surface area (Å²) in [6.07, 6.45) is 2.48. The number of piperazine rings is 1. The van der Waals surface area contributed by atoms with Crippen LogP contribution in [0.25, 0.3) is 0 Å². The standard InChI is InChI=1S/C19H30N2O2/c1-16-14-20(15-17(2)21(16)12-7-13-23-3)19(22)11-10-18-8-5-4-6-9-18/h4-6,8-9,16-17H,7,10-15H2,1-3H3. The lowest BCUT2D eigenvalue weighted by Crippen LogP contribution is -2.58. The first-order chi connectivity index (χ1) is 11.1. The molecule has 0 aromatic heterocycles. The van der Waals surface area contributed by atoms with Crippen molar-refractivity contribution in [3.8, 4) is 0 Å². The van der Waals surface area contributed by atoms with E-state index in [4.69, 9.17) is 4.74 Å². The lowest BCUT2D eigenvalue weighted by atomic mass is 10.1. The molecule has 0 bridgehead atoms. The topological polar surface area (TPSA) is 32.8 Å². The van der Waals surface area contributed by atoms with Gasteiger partial charge in [0.15, 0.2) is 0 Å². The van der Waals surface area contributed by atoms with Crippen LogP contribution in [0.3, 0.4) is 0 Å². The van der Waals surface area contributed by atoms with E-state index in [0.29, 0.717) is 18.5 Å². The zero-order chi connectivity index (χ0) is 16.7. The molecule has 128 valence electrons. The minimum atomic E-state index is 0.282. The number of benzene rings is 1. The smallest absolute Gasteiger partial charge is 0.223 e. The third-order valence-corrected chi connectivity index (χ3v) is 4.69. The van der Waals surface area contributed by atoms with E-state index in [2.05, 4.69) is 30.9 Å². The van der Waals surface area contributed by atoms with Gasteiger partial charge in [0.1, 0.15) is 0 Å². The van der Waals surface area contributed by atoms with E-state index < -0.39 is 0 Å². The summed E-state index contributed by atoms with van der Waals surface area (Å²) in [7, 11) is 1.75. The SMILES string of the molecule is COCCCN1C(C)CN(C(=O)CCc2ccccc2)CC1C. The Morgan fingerprint density at radius 3 is 2.43 bits per heavy atom. The molecule has 1 aliphatic rings. The number of ether oxygens (including phenoxy) is 1. The zero-order valence-electron chi connectivity index (χ0n) is 14.7. The molecular formula is C19H30N2O2. The molecule has 1 fully saturated rings. The summed E-state index contributed by atoms with van der Waals surface area (Å²) in [6, 6.07) is 11.1. The van der Waals surface area contributed by atoms with Gasteiger partial charge in [0, 0.05) is 51.9 Å². The molecule has 1 aliphatic heterocycles. The van der Waals surface area contributed by atoms with Gasteiger partial charge in [-0.3, -0.25) is 9.69 Å². The van der Waals surface area contributed by atoms with E-state index >= 15 is 0 Å². The highest BCUT2D eigenvalue weighted by molar-refractivity contribution is 5.76. The molecule has 2 atom stereocenters. The molecule has 1 amide bonds. The molecule has 4 heteroatoms. The Balaban J connectivity index is 1.81. The van der Waals surface area contributed by atoms with Crippen molar-refractivity contribution in [3.05, 3.63) is 35.9 Å². The summed E-state index contributed by atoms with van der Waals surface area (Å²) in [6.45, 7) is 7.97. The number of methoxy groups -OCH3 is 1. The maximum absolute atomic E-state index is 12.5. The predicted molar refractivity (Wildman–Crippen MR) is 93.5 cm³/mol. The highest BCUT2D eigenvalue weighted by atomic mass is 16.5. The Kier molecular flexibility index (Phi) is 7.06. The molecule has 23 heavy (non-hydrogen) atoms. The average Bonchev–Trinajstić information content (AvgIpc) is 2.56.